The smallest absolute Gasteiger partial charge is 0.352 e. The molecule has 0 bridgehead atoms. The number of carbonyl (C=O) groups excluding carboxylic acids is 1. The van der Waals surface area contributed by atoms with Gasteiger partial charge in [-0.3, -0.25) is 4.79 Å². The highest BCUT2D eigenvalue weighted by atomic mass is 16.5. The van der Waals surface area contributed by atoms with Gasteiger partial charge in [-0.05, 0) is 56.2 Å². The van der Waals surface area contributed by atoms with Crippen molar-refractivity contribution in [2.75, 3.05) is 13.2 Å². The summed E-state index contributed by atoms with van der Waals surface area (Å²) in [4.78, 5) is 24.0. The molecular weight excluding hydrogens is 346 g/mol. The van der Waals surface area contributed by atoms with E-state index in [9.17, 15) is 14.7 Å². The highest BCUT2D eigenvalue weighted by Crippen LogP contribution is 2.29. The van der Waals surface area contributed by atoms with Gasteiger partial charge in [0.2, 0.25) is 0 Å². The number of hydrogen-bond acceptors (Lipinski definition) is 4. The maximum atomic E-state index is 12.4. The largest absolute Gasteiger partial charge is 0.490 e. The second kappa shape index (κ2) is 9.43. The number of aliphatic carboxylic acids is 1. The predicted octanol–water partition coefficient (Wildman–Crippen LogP) is 3.65. The molecule has 1 amide bonds. The van der Waals surface area contributed by atoms with Crippen LogP contribution in [0.2, 0.25) is 0 Å². The van der Waals surface area contributed by atoms with E-state index >= 15 is 0 Å². The van der Waals surface area contributed by atoms with E-state index in [4.69, 9.17) is 9.47 Å². The van der Waals surface area contributed by atoms with Gasteiger partial charge in [0.25, 0.3) is 5.91 Å². The Hall–Kier alpha value is -3.28. The van der Waals surface area contributed by atoms with E-state index in [0.29, 0.717) is 35.8 Å². The third-order valence-electron chi connectivity index (χ3n) is 3.75. The average molecular weight is 369 g/mol. The van der Waals surface area contributed by atoms with E-state index < -0.39 is 11.9 Å². The summed E-state index contributed by atoms with van der Waals surface area (Å²) in [7, 11) is 0. The molecule has 0 aromatic heterocycles. The molecule has 2 rings (SSSR count). The van der Waals surface area contributed by atoms with Crippen molar-refractivity contribution in [1.82, 2.24) is 5.32 Å². The number of amides is 1. The first kappa shape index (κ1) is 20.0. The summed E-state index contributed by atoms with van der Waals surface area (Å²) in [5.41, 5.74) is 1.53. The van der Waals surface area contributed by atoms with Crippen LogP contribution in [0.3, 0.4) is 0 Å². The van der Waals surface area contributed by atoms with E-state index in [1.54, 1.807) is 43.3 Å². The minimum Gasteiger partial charge on any atom is -0.490 e. The molecule has 27 heavy (non-hydrogen) atoms. The molecule has 0 saturated heterocycles. The number of nitrogens with one attached hydrogen (secondary N) is 1. The standard InChI is InChI=1S/C21H23NO5/c1-4-26-18-11-10-15(13-19(18)27-5-2)12-17(21(24)25)22-20(23)16-9-7-6-8-14(16)3/h6-13H,4-5H2,1-3H3,(H,22,23)(H,24,25)/b17-12-. The van der Waals surface area contributed by atoms with Crippen molar-refractivity contribution in [1.29, 1.82) is 0 Å². The minimum absolute atomic E-state index is 0.227. The van der Waals surface area contributed by atoms with Crippen LogP contribution in [-0.4, -0.2) is 30.2 Å². The lowest BCUT2D eigenvalue weighted by Crippen LogP contribution is -2.27. The molecule has 142 valence electrons. The number of carboxylic acid groups (broad SMARTS) is 1. The molecule has 0 spiro atoms. The van der Waals surface area contributed by atoms with E-state index in [-0.39, 0.29) is 5.70 Å². The van der Waals surface area contributed by atoms with Crippen LogP contribution in [0.15, 0.2) is 48.2 Å². The maximum absolute atomic E-state index is 12.4. The van der Waals surface area contributed by atoms with Crippen LogP contribution in [0.1, 0.15) is 35.3 Å². The molecule has 0 radical (unpaired) electrons. The first-order chi connectivity index (χ1) is 13.0. The van der Waals surface area contributed by atoms with Crippen LogP contribution in [0.25, 0.3) is 6.08 Å². The van der Waals surface area contributed by atoms with Crippen molar-refractivity contribution in [2.45, 2.75) is 20.8 Å². The quantitative estimate of drug-likeness (QED) is 0.694. The fraction of sp³-hybridized carbons (Fsp3) is 0.238. The molecule has 2 aromatic rings. The molecule has 0 atom stereocenters. The van der Waals surface area contributed by atoms with E-state index in [2.05, 4.69) is 5.32 Å². The highest BCUT2D eigenvalue weighted by molar-refractivity contribution is 6.03. The molecular formula is C21H23NO5. The molecule has 0 aliphatic heterocycles. The summed E-state index contributed by atoms with van der Waals surface area (Å²) in [5.74, 6) is -0.609. The molecule has 2 aromatic carbocycles. The number of carbonyl (C=O) groups is 2. The predicted molar refractivity (Wildman–Crippen MR) is 103 cm³/mol. The minimum atomic E-state index is -1.23. The zero-order valence-corrected chi connectivity index (χ0v) is 15.6. The molecule has 0 fully saturated rings. The van der Waals surface area contributed by atoms with Crippen LogP contribution in [0.4, 0.5) is 0 Å². The summed E-state index contributed by atoms with van der Waals surface area (Å²) < 4.78 is 11.1. The number of aryl methyl sites for hydroxylation is 1. The van der Waals surface area contributed by atoms with Gasteiger partial charge in [0.05, 0.1) is 13.2 Å². The van der Waals surface area contributed by atoms with Crippen LogP contribution in [-0.2, 0) is 4.79 Å². The molecule has 6 nitrogen and oxygen atoms in total. The van der Waals surface area contributed by atoms with Crippen molar-refractivity contribution in [3.05, 3.63) is 64.9 Å². The molecule has 2 N–H and O–H groups in total. The summed E-state index contributed by atoms with van der Waals surface area (Å²) in [5, 5.41) is 11.9. The third-order valence-corrected chi connectivity index (χ3v) is 3.75. The SMILES string of the molecule is CCOc1ccc(/C=C(\NC(=O)c2ccccc2C)C(=O)O)cc1OCC. The van der Waals surface area contributed by atoms with Crippen LogP contribution >= 0.6 is 0 Å². The third kappa shape index (κ3) is 5.34. The Kier molecular flexibility index (Phi) is 7.00. The molecule has 0 aliphatic carbocycles. The van der Waals surface area contributed by atoms with Crippen molar-refractivity contribution in [3.63, 3.8) is 0 Å². The summed E-state index contributed by atoms with van der Waals surface area (Å²) in [6.45, 7) is 6.45. The number of carboxylic acids is 1. The molecule has 6 heteroatoms. The normalized spacial score (nSPS) is 11.0. The Bertz CT molecular complexity index is 857. The van der Waals surface area contributed by atoms with Crippen LogP contribution in [0, 0.1) is 6.92 Å². The average Bonchev–Trinajstić information content (AvgIpc) is 2.63. The zero-order valence-electron chi connectivity index (χ0n) is 15.6. The first-order valence-corrected chi connectivity index (χ1v) is 8.67. The van der Waals surface area contributed by atoms with Gasteiger partial charge in [0, 0.05) is 5.56 Å². The van der Waals surface area contributed by atoms with Crippen LogP contribution < -0.4 is 14.8 Å². The fourth-order valence-corrected chi connectivity index (χ4v) is 2.49. The zero-order chi connectivity index (χ0) is 19.8. The van der Waals surface area contributed by atoms with Crippen molar-refractivity contribution >= 4 is 18.0 Å². The van der Waals surface area contributed by atoms with Crippen molar-refractivity contribution in [2.24, 2.45) is 0 Å². The number of hydrogen-bond donors (Lipinski definition) is 2. The number of rotatable bonds is 8. The Balaban J connectivity index is 2.32. The Labute approximate surface area is 158 Å². The summed E-state index contributed by atoms with van der Waals surface area (Å²) in [6.07, 6.45) is 1.39. The lowest BCUT2D eigenvalue weighted by Gasteiger charge is -2.12. The van der Waals surface area contributed by atoms with Crippen molar-refractivity contribution < 1.29 is 24.2 Å². The van der Waals surface area contributed by atoms with Gasteiger partial charge in [-0.2, -0.15) is 0 Å². The monoisotopic (exact) mass is 369 g/mol. The van der Waals surface area contributed by atoms with Crippen molar-refractivity contribution in [3.8, 4) is 11.5 Å². The fourth-order valence-electron chi connectivity index (χ4n) is 2.49. The lowest BCUT2D eigenvalue weighted by molar-refractivity contribution is -0.132. The second-order valence-electron chi connectivity index (χ2n) is 5.70. The summed E-state index contributed by atoms with van der Waals surface area (Å²) in [6, 6.07) is 12.1. The molecule has 0 aliphatic rings. The van der Waals surface area contributed by atoms with Gasteiger partial charge in [-0.1, -0.05) is 24.3 Å². The van der Waals surface area contributed by atoms with E-state index in [1.165, 1.54) is 6.08 Å². The summed E-state index contributed by atoms with van der Waals surface area (Å²) >= 11 is 0. The second-order valence-corrected chi connectivity index (χ2v) is 5.70. The number of benzene rings is 2. The Morgan fingerprint density at radius 2 is 1.70 bits per heavy atom. The lowest BCUT2D eigenvalue weighted by atomic mass is 10.1. The first-order valence-electron chi connectivity index (χ1n) is 8.67. The maximum Gasteiger partial charge on any atom is 0.352 e. The Morgan fingerprint density at radius 3 is 2.33 bits per heavy atom. The van der Waals surface area contributed by atoms with Gasteiger partial charge in [-0.25, -0.2) is 4.79 Å². The van der Waals surface area contributed by atoms with Gasteiger partial charge in [-0.15, -0.1) is 0 Å². The van der Waals surface area contributed by atoms with Crippen LogP contribution in [0.5, 0.6) is 11.5 Å². The topological polar surface area (TPSA) is 84.9 Å². The molecule has 0 heterocycles. The Morgan fingerprint density at radius 1 is 1.04 bits per heavy atom. The van der Waals surface area contributed by atoms with E-state index in [1.807, 2.05) is 19.9 Å². The van der Waals surface area contributed by atoms with E-state index in [0.717, 1.165) is 5.56 Å². The number of ether oxygens (including phenoxy) is 2. The molecule has 0 unspecified atom stereocenters. The molecule has 0 saturated carbocycles. The van der Waals surface area contributed by atoms with Gasteiger partial charge < -0.3 is 19.9 Å². The van der Waals surface area contributed by atoms with Gasteiger partial charge in [0.15, 0.2) is 11.5 Å². The van der Waals surface area contributed by atoms with Gasteiger partial charge in [0.1, 0.15) is 5.70 Å². The highest BCUT2D eigenvalue weighted by Gasteiger charge is 2.15. The van der Waals surface area contributed by atoms with Gasteiger partial charge >= 0.3 is 5.97 Å².